The Labute approximate surface area is 149 Å². The monoisotopic (exact) mass is 355 g/mol. The number of aromatic nitrogens is 1. The molecule has 0 N–H and O–H groups in total. The molecule has 0 fully saturated rings. The lowest BCUT2D eigenvalue weighted by Crippen LogP contribution is -2.06. The Bertz CT molecular complexity index is 858. The van der Waals surface area contributed by atoms with Crippen molar-refractivity contribution >= 4 is 17.3 Å². The van der Waals surface area contributed by atoms with Crippen LogP contribution in [0.25, 0.3) is 10.6 Å². The molecule has 2 aromatic carbocycles. The van der Waals surface area contributed by atoms with Crippen molar-refractivity contribution in [3.63, 3.8) is 0 Å². The number of hydrogen-bond donors (Lipinski definition) is 0. The molecule has 0 atom stereocenters. The van der Waals surface area contributed by atoms with E-state index in [4.69, 9.17) is 14.2 Å². The largest absolute Gasteiger partial charge is 0.497 e. The zero-order chi connectivity index (χ0) is 17.6. The number of esters is 1. The molecule has 0 saturated carbocycles. The van der Waals surface area contributed by atoms with E-state index >= 15 is 0 Å². The molecular formula is C19H17NO4S. The summed E-state index contributed by atoms with van der Waals surface area (Å²) < 4.78 is 15.7. The van der Waals surface area contributed by atoms with Gasteiger partial charge in [0.25, 0.3) is 0 Å². The van der Waals surface area contributed by atoms with Gasteiger partial charge in [-0.05, 0) is 30.3 Å². The van der Waals surface area contributed by atoms with Crippen LogP contribution in [0.4, 0.5) is 0 Å². The van der Waals surface area contributed by atoms with Crippen LogP contribution in [0.15, 0.2) is 53.9 Å². The summed E-state index contributed by atoms with van der Waals surface area (Å²) in [6, 6.07) is 14.9. The summed E-state index contributed by atoms with van der Waals surface area (Å²) >= 11 is 1.40. The number of para-hydroxylation sites is 1. The molecule has 0 amide bonds. The van der Waals surface area contributed by atoms with E-state index in [0.29, 0.717) is 11.4 Å². The van der Waals surface area contributed by atoms with Gasteiger partial charge in [0.15, 0.2) is 5.69 Å². The maximum atomic E-state index is 12.2. The van der Waals surface area contributed by atoms with E-state index in [1.54, 1.807) is 19.6 Å². The first kappa shape index (κ1) is 17.0. The smallest absolute Gasteiger partial charge is 0.358 e. The molecular weight excluding hydrogens is 338 g/mol. The van der Waals surface area contributed by atoms with Gasteiger partial charge in [0.1, 0.15) is 23.1 Å². The van der Waals surface area contributed by atoms with E-state index in [2.05, 4.69) is 4.98 Å². The van der Waals surface area contributed by atoms with Crippen LogP contribution in [0.2, 0.25) is 0 Å². The summed E-state index contributed by atoms with van der Waals surface area (Å²) in [5.74, 6) is 1.01. The Morgan fingerprint density at radius 3 is 2.52 bits per heavy atom. The van der Waals surface area contributed by atoms with Crippen LogP contribution in [0, 0.1) is 0 Å². The number of rotatable bonds is 6. The topological polar surface area (TPSA) is 57.7 Å². The third kappa shape index (κ3) is 3.97. The van der Waals surface area contributed by atoms with E-state index in [-0.39, 0.29) is 6.61 Å². The summed E-state index contributed by atoms with van der Waals surface area (Å²) in [6.07, 6.45) is 0. The van der Waals surface area contributed by atoms with Gasteiger partial charge in [-0.3, -0.25) is 0 Å². The Kier molecular flexibility index (Phi) is 5.30. The van der Waals surface area contributed by atoms with Crippen LogP contribution in [-0.2, 0) is 11.3 Å². The molecule has 1 heterocycles. The van der Waals surface area contributed by atoms with Crippen molar-refractivity contribution in [2.75, 3.05) is 14.2 Å². The molecule has 0 unspecified atom stereocenters. The third-order valence-corrected chi connectivity index (χ3v) is 4.49. The normalized spacial score (nSPS) is 10.3. The molecule has 0 aliphatic heterocycles. The number of carbonyl (C=O) groups excluding carboxylic acids is 1. The lowest BCUT2D eigenvalue weighted by molar-refractivity contribution is 0.0464. The molecule has 3 rings (SSSR count). The van der Waals surface area contributed by atoms with Crippen LogP contribution < -0.4 is 9.47 Å². The van der Waals surface area contributed by atoms with Crippen molar-refractivity contribution < 1.29 is 19.0 Å². The van der Waals surface area contributed by atoms with E-state index in [9.17, 15) is 4.79 Å². The van der Waals surface area contributed by atoms with Crippen LogP contribution in [0.1, 0.15) is 16.1 Å². The zero-order valence-electron chi connectivity index (χ0n) is 13.9. The molecule has 0 radical (unpaired) electrons. The number of benzene rings is 2. The van der Waals surface area contributed by atoms with Gasteiger partial charge in [-0.2, -0.15) is 0 Å². The van der Waals surface area contributed by atoms with Gasteiger partial charge in [0.05, 0.1) is 14.2 Å². The Morgan fingerprint density at radius 2 is 1.80 bits per heavy atom. The molecule has 0 bridgehead atoms. The third-order valence-electron chi connectivity index (χ3n) is 3.60. The van der Waals surface area contributed by atoms with Crippen molar-refractivity contribution in [3.8, 4) is 22.1 Å². The lowest BCUT2D eigenvalue weighted by atomic mass is 10.2. The number of hydrogen-bond acceptors (Lipinski definition) is 6. The molecule has 25 heavy (non-hydrogen) atoms. The maximum absolute atomic E-state index is 12.2. The quantitative estimate of drug-likeness (QED) is 0.621. The Balaban J connectivity index is 1.68. The summed E-state index contributed by atoms with van der Waals surface area (Å²) in [5, 5.41) is 2.45. The minimum atomic E-state index is -0.457. The van der Waals surface area contributed by atoms with Crippen LogP contribution in [0.5, 0.6) is 11.5 Å². The van der Waals surface area contributed by atoms with Gasteiger partial charge in [0, 0.05) is 16.5 Å². The van der Waals surface area contributed by atoms with Crippen molar-refractivity contribution in [1.29, 1.82) is 0 Å². The maximum Gasteiger partial charge on any atom is 0.358 e. The number of thiazole rings is 1. The average molecular weight is 355 g/mol. The van der Waals surface area contributed by atoms with Gasteiger partial charge in [-0.25, -0.2) is 9.78 Å². The van der Waals surface area contributed by atoms with Gasteiger partial charge in [-0.1, -0.05) is 18.2 Å². The molecule has 0 saturated heterocycles. The highest BCUT2D eigenvalue weighted by atomic mass is 32.1. The summed E-state index contributed by atoms with van der Waals surface area (Å²) in [4.78, 5) is 16.6. The highest BCUT2D eigenvalue weighted by molar-refractivity contribution is 7.13. The highest BCUT2D eigenvalue weighted by Crippen LogP contribution is 2.26. The SMILES string of the molecule is COc1ccc(-c2nc(C(=O)OCc3ccccc3OC)cs2)cc1. The van der Waals surface area contributed by atoms with Crippen molar-refractivity contribution in [1.82, 2.24) is 4.98 Å². The van der Waals surface area contributed by atoms with Crippen molar-refractivity contribution in [3.05, 3.63) is 65.2 Å². The van der Waals surface area contributed by atoms with Crippen LogP contribution in [0.3, 0.4) is 0 Å². The number of nitrogens with zero attached hydrogens (tertiary/aromatic N) is 1. The average Bonchev–Trinajstić information content (AvgIpc) is 3.16. The van der Waals surface area contributed by atoms with E-state index in [0.717, 1.165) is 21.9 Å². The molecule has 0 aliphatic carbocycles. The van der Waals surface area contributed by atoms with E-state index in [1.165, 1.54) is 11.3 Å². The fourth-order valence-electron chi connectivity index (χ4n) is 2.27. The highest BCUT2D eigenvalue weighted by Gasteiger charge is 2.14. The fraction of sp³-hybridized carbons (Fsp3) is 0.158. The van der Waals surface area contributed by atoms with Gasteiger partial charge >= 0.3 is 5.97 Å². The summed E-state index contributed by atoms with van der Waals surface area (Å²) in [6.45, 7) is 0.137. The van der Waals surface area contributed by atoms with Gasteiger partial charge < -0.3 is 14.2 Å². The second-order valence-electron chi connectivity index (χ2n) is 5.15. The zero-order valence-corrected chi connectivity index (χ0v) is 14.7. The predicted octanol–water partition coefficient (Wildman–Crippen LogP) is 4.18. The Morgan fingerprint density at radius 1 is 1.04 bits per heavy atom. The van der Waals surface area contributed by atoms with E-state index in [1.807, 2.05) is 48.5 Å². The number of carbonyl (C=O) groups is 1. The first-order valence-corrected chi connectivity index (χ1v) is 8.48. The molecule has 0 aliphatic rings. The summed E-state index contributed by atoms with van der Waals surface area (Å²) in [5.41, 5.74) is 2.03. The minimum Gasteiger partial charge on any atom is -0.497 e. The molecule has 5 nitrogen and oxygen atoms in total. The summed E-state index contributed by atoms with van der Waals surface area (Å²) in [7, 11) is 3.20. The number of methoxy groups -OCH3 is 2. The van der Waals surface area contributed by atoms with E-state index < -0.39 is 5.97 Å². The van der Waals surface area contributed by atoms with Crippen LogP contribution >= 0.6 is 11.3 Å². The molecule has 6 heteroatoms. The molecule has 128 valence electrons. The Hall–Kier alpha value is -2.86. The second kappa shape index (κ2) is 7.81. The first-order chi connectivity index (χ1) is 12.2. The lowest BCUT2D eigenvalue weighted by Gasteiger charge is -2.08. The van der Waals surface area contributed by atoms with Crippen molar-refractivity contribution in [2.24, 2.45) is 0 Å². The second-order valence-corrected chi connectivity index (χ2v) is 6.01. The molecule has 0 spiro atoms. The first-order valence-electron chi connectivity index (χ1n) is 7.60. The van der Waals surface area contributed by atoms with Crippen molar-refractivity contribution in [2.45, 2.75) is 6.61 Å². The van der Waals surface area contributed by atoms with Gasteiger partial charge in [-0.15, -0.1) is 11.3 Å². The minimum absolute atomic E-state index is 0.137. The van der Waals surface area contributed by atoms with Crippen LogP contribution in [-0.4, -0.2) is 25.2 Å². The standard InChI is InChI=1S/C19H17NO4S/c1-22-15-9-7-13(8-10-15)18-20-16(12-25-18)19(21)24-11-14-5-3-4-6-17(14)23-2/h3-10,12H,11H2,1-2H3. The molecule has 1 aromatic heterocycles. The fourth-order valence-corrected chi connectivity index (χ4v) is 3.07. The molecule has 3 aromatic rings. The number of ether oxygens (including phenoxy) is 3. The predicted molar refractivity (Wildman–Crippen MR) is 96.2 cm³/mol. The van der Waals surface area contributed by atoms with Gasteiger partial charge in [0.2, 0.25) is 0 Å².